The van der Waals surface area contributed by atoms with E-state index in [9.17, 15) is 0 Å². The van der Waals surface area contributed by atoms with E-state index in [1.807, 2.05) is 0 Å². The molecule has 1 saturated heterocycles. The minimum absolute atomic E-state index is 0.214. The van der Waals surface area contributed by atoms with Gasteiger partial charge in [-0.3, -0.25) is 0 Å². The van der Waals surface area contributed by atoms with Crippen LogP contribution in [0, 0.1) is 0 Å². The molecule has 0 spiro atoms. The van der Waals surface area contributed by atoms with Gasteiger partial charge in [-0.2, -0.15) is 11.3 Å². The smallest absolute Gasteiger partial charge is 0.0936 e. The molecule has 0 bridgehead atoms. The maximum absolute atomic E-state index is 5.74. The SMILES string of the molecule is CC1CNCC(COCCc2ccsc2)O1. The van der Waals surface area contributed by atoms with Crippen molar-refractivity contribution < 1.29 is 9.47 Å². The number of hydrogen-bond acceptors (Lipinski definition) is 4. The zero-order valence-corrected chi connectivity index (χ0v) is 10.5. The molecule has 2 heterocycles. The molecule has 90 valence electrons. The molecule has 1 fully saturated rings. The highest BCUT2D eigenvalue weighted by molar-refractivity contribution is 7.07. The first-order chi connectivity index (χ1) is 7.84. The van der Waals surface area contributed by atoms with Crippen molar-refractivity contribution >= 4 is 11.3 Å². The van der Waals surface area contributed by atoms with Crippen molar-refractivity contribution in [1.82, 2.24) is 5.32 Å². The lowest BCUT2D eigenvalue weighted by Crippen LogP contribution is -2.45. The summed E-state index contributed by atoms with van der Waals surface area (Å²) < 4.78 is 11.4. The Morgan fingerprint density at radius 3 is 3.25 bits per heavy atom. The van der Waals surface area contributed by atoms with Gasteiger partial charge in [-0.1, -0.05) is 0 Å². The number of thiophene rings is 1. The Hall–Kier alpha value is -0.420. The highest BCUT2D eigenvalue weighted by atomic mass is 32.1. The van der Waals surface area contributed by atoms with Crippen LogP contribution in [0.4, 0.5) is 0 Å². The fraction of sp³-hybridized carbons (Fsp3) is 0.667. The van der Waals surface area contributed by atoms with Crippen LogP contribution >= 0.6 is 11.3 Å². The minimum Gasteiger partial charge on any atom is -0.378 e. The maximum atomic E-state index is 5.74. The van der Waals surface area contributed by atoms with Gasteiger partial charge in [-0.15, -0.1) is 0 Å². The average Bonchev–Trinajstić information content (AvgIpc) is 2.77. The zero-order valence-electron chi connectivity index (χ0n) is 9.65. The van der Waals surface area contributed by atoms with Crippen molar-refractivity contribution in [3.05, 3.63) is 22.4 Å². The molecule has 1 aromatic rings. The first-order valence-electron chi connectivity index (χ1n) is 5.79. The summed E-state index contributed by atoms with van der Waals surface area (Å²) in [5.41, 5.74) is 1.36. The van der Waals surface area contributed by atoms with Gasteiger partial charge in [0.15, 0.2) is 0 Å². The van der Waals surface area contributed by atoms with E-state index in [1.54, 1.807) is 11.3 Å². The van der Waals surface area contributed by atoms with Crippen LogP contribution in [0.15, 0.2) is 16.8 Å². The molecule has 2 atom stereocenters. The van der Waals surface area contributed by atoms with Crippen LogP contribution in [0.25, 0.3) is 0 Å². The molecule has 0 aliphatic carbocycles. The second kappa shape index (κ2) is 6.35. The van der Waals surface area contributed by atoms with E-state index in [-0.39, 0.29) is 6.10 Å². The molecule has 1 aliphatic heterocycles. The van der Waals surface area contributed by atoms with Gasteiger partial charge in [-0.05, 0) is 35.7 Å². The number of ether oxygens (including phenoxy) is 2. The number of hydrogen-bond donors (Lipinski definition) is 1. The van der Waals surface area contributed by atoms with Gasteiger partial charge in [0, 0.05) is 13.1 Å². The molecule has 0 radical (unpaired) electrons. The minimum atomic E-state index is 0.214. The summed E-state index contributed by atoms with van der Waals surface area (Å²) in [7, 11) is 0. The van der Waals surface area contributed by atoms with Crippen LogP contribution < -0.4 is 5.32 Å². The van der Waals surface area contributed by atoms with E-state index in [2.05, 4.69) is 29.1 Å². The molecule has 16 heavy (non-hydrogen) atoms. The largest absolute Gasteiger partial charge is 0.378 e. The number of nitrogens with one attached hydrogen (secondary N) is 1. The molecule has 4 heteroatoms. The van der Waals surface area contributed by atoms with Crippen molar-refractivity contribution in [1.29, 1.82) is 0 Å². The number of morpholine rings is 1. The lowest BCUT2D eigenvalue weighted by atomic mass is 10.2. The summed E-state index contributed by atoms with van der Waals surface area (Å²) in [6.45, 7) is 5.42. The number of rotatable bonds is 5. The average molecular weight is 241 g/mol. The Bertz CT molecular complexity index is 289. The molecule has 1 N–H and O–H groups in total. The molecule has 0 saturated carbocycles. The third-order valence-electron chi connectivity index (χ3n) is 2.65. The normalized spacial score (nSPS) is 25.8. The van der Waals surface area contributed by atoms with E-state index in [0.717, 1.165) is 26.1 Å². The van der Waals surface area contributed by atoms with E-state index in [4.69, 9.17) is 9.47 Å². The summed E-state index contributed by atoms with van der Waals surface area (Å²) in [6, 6.07) is 2.15. The Balaban J connectivity index is 1.57. The second-order valence-electron chi connectivity index (χ2n) is 4.18. The summed E-state index contributed by atoms with van der Waals surface area (Å²) in [5.74, 6) is 0. The summed E-state index contributed by atoms with van der Waals surface area (Å²) in [4.78, 5) is 0. The highest BCUT2D eigenvalue weighted by Crippen LogP contribution is 2.07. The third kappa shape index (κ3) is 3.87. The van der Waals surface area contributed by atoms with Gasteiger partial charge >= 0.3 is 0 Å². The standard InChI is InChI=1S/C12H19NO2S/c1-10-6-13-7-12(15-10)8-14-4-2-11-3-5-16-9-11/h3,5,9-10,12-13H,2,4,6-8H2,1H3. The highest BCUT2D eigenvalue weighted by Gasteiger charge is 2.18. The van der Waals surface area contributed by atoms with Gasteiger partial charge in [0.25, 0.3) is 0 Å². The fourth-order valence-corrected chi connectivity index (χ4v) is 2.51. The van der Waals surface area contributed by atoms with E-state index in [1.165, 1.54) is 5.56 Å². The summed E-state index contributed by atoms with van der Waals surface area (Å²) in [5, 5.41) is 7.61. The first-order valence-corrected chi connectivity index (χ1v) is 6.74. The van der Waals surface area contributed by atoms with Crippen LogP contribution in [0.5, 0.6) is 0 Å². The zero-order chi connectivity index (χ0) is 11.2. The Labute approximate surface area is 101 Å². The Morgan fingerprint density at radius 2 is 2.50 bits per heavy atom. The van der Waals surface area contributed by atoms with Crippen LogP contribution in [0.1, 0.15) is 12.5 Å². The molecular formula is C12H19NO2S. The van der Waals surface area contributed by atoms with Gasteiger partial charge < -0.3 is 14.8 Å². The monoisotopic (exact) mass is 241 g/mol. The molecule has 1 aromatic heterocycles. The van der Waals surface area contributed by atoms with Crippen molar-refractivity contribution in [2.45, 2.75) is 25.6 Å². The predicted octanol–water partition coefficient (Wildman–Crippen LogP) is 1.68. The van der Waals surface area contributed by atoms with Gasteiger partial charge in [0.05, 0.1) is 25.4 Å². The molecule has 0 amide bonds. The first kappa shape index (κ1) is 12.0. The molecule has 0 aromatic carbocycles. The molecule has 2 rings (SSSR count). The van der Waals surface area contributed by atoms with Crippen LogP contribution in [0.2, 0.25) is 0 Å². The van der Waals surface area contributed by atoms with E-state index in [0.29, 0.717) is 12.7 Å². The topological polar surface area (TPSA) is 30.5 Å². The Morgan fingerprint density at radius 1 is 1.56 bits per heavy atom. The van der Waals surface area contributed by atoms with Crippen LogP contribution in [-0.2, 0) is 15.9 Å². The van der Waals surface area contributed by atoms with Crippen molar-refractivity contribution in [2.75, 3.05) is 26.3 Å². The molecule has 1 aliphatic rings. The molecular weight excluding hydrogens is 222 g/mol. The summed E-state index contributed by atoms with van der Waals surface area (Å²) in [6.07, 6.45) is 1.52. The predicted molar refractivity (Wildman–Crippen MR) is 66.0 cm³/mol. The van der Waals surface area contributed by atoms with Crippen molar-refractivity contribution in [3.63, 3.8) is 0 Å². The van der Waals surface area contributed by atoms with E-state index >= 15 is 0 Å². The lowest BCUT2D eigenvalue weighted by Gasteiger charge is -2.28. The molecule has 2 unspecified atom stereocenters. The van der Waals surface area contributed by atoms with Gasteiger partial charge in [0.1, 0.15) is 0 Å². The third-order valence-corrected chi connectivity index (χ3v) is 3.38. The lowest BCUT2D eigenvalue weighted by molar-refractivity contribution is -0.0681. The summed E-state index contributed by atoms with van der Waals surface area (Å²) >= 11 is 1.74. The van der Waals surface area contributed by atoms with Crippen molar-refractivity contribution in [3.8, 4) is 0 Å². The quantitative estimate of drug-likeness (QED) is 0.796. The van der Waals surface area contributed by atoms with E-state index < -0.39 is 0 Å². The van der Waals surface area contributed by atoms with Gasteiger partial charge in [-0.25, -0.2) is 0 Å². The Kier molecular flexibility index (Phi) is 4.78. The molecule has 3 nitrogen and oxygen atoms in total. The van der Waals surface area contributed by atoms with Crippen LogP contribution in [-0.4, -0.2) is 38.5 Å². The maximum Gasteiger partial charge on any atom is 0.0936 e. The fourth-order valence-electron chi connectivity index (χ4n) is 1.81. The van der Waals surface area contributed by atoms with Gasteiger partial charge in [0.2, 0.25) is 0 Å². The van der Waals surface area contributed by atoms with Crippen molar-refractivity contribution in [2.24, 2.45) is 0 Å². The second-order valence-corrected chi connectivity index (χ2v) is 4.96. The van der Waals surface area contributed by atoms with Crippen LogP contribution in [0.3, 0.4) is 0 Å².